The zero-order valence-corrected chi connectivity index (χ0v) is 8.89. The first kappa shape index (κ1) is 2.74. The van der Waals surface area contributed by atoms with E-state index in [9.17, 15) is 0 Å². The van der Waals surface area contributed by atoms with Gasteiger partial charge in [0.2, 0.25) is 0 Å². The largest absolute Gasteiger partial charge is 0.378 e. The van der Waals surface area contributed by atoms with Crippen molar-refractivity contribution < 1.29 is 30.6 Å². The molecule has 0 aliphatic rings. The van der Waals surface area contributed by atoms with Gasteiger partial charge in [-0.25, -0.2) is 4.57 Å². The Morgan fingerprint density at radius 3 is 2.22 bits per heavy atom. The van der Waals surface area contributed by atoms with Gasteiger partial charge in [-0.3, -0.25) is 0 Å². The molecule has 0 aliphatic heterocycles. The minimum atomic E-state index is -3.42. The molecule has 0 radical (unpaired) electrons. The van der Waals surface area contributed by atoms with Crippen LogP contribution in [0.2, 0.25) is 0 Å². The van der Waals surface area contributed by atoms with E-state index < -0.39 is 98.4 Å². The van der Waals surface area contributed by atoms with Crippen molar-refractivity contribution in [2.24, 2.45) is 6.98 Å². The lowest BCUT2D eigenvalue weighted by Crippen LogP contribution is -2.25. The molecule has 0 saturated heterocycles. The van der Waals surface area contributed by atoms with Gasteiger partial charge in [0.05, 0.1) is 11.0 Å². The Morgan fingerprint density at radius 1 is 1.06 bits per heavy atom. The SMILES string of the molecule is [2H]/C(=C(/[2H])c1c([2H])c([2H])[n+](C([2H])([2H])[2H])c([2H])c1[2H])c1c([2H])c([2H])c(N(C([2H])([2H])[2H])C([2H])([2H])[2H])c([2H])c1[2H]. The molecule has 2 nitrogen and oxygen atoms in total. The summed E-state index contributed by atoms with van der Waals surface area (Å²) in [5.74, 6) is 0. The van der Waals surface area contributed by atoms with Gasteiger partial charge in [0.1, 0.15) is 13.8 Å². The first-order valence-corrected chi connectivity index (χ1v) is 4.59. The van der Waals surface area contributed by atoms with Crippen LogP contribution in [0.5, 0.6) is 0 Å². The molecule has 0 aliphatic carbocycles. The van der Waals surface area contributed by atoms with Gasteiger partial charge in [0, 0.05) is 39.9 Å². The maximum Gasteiger partial charge on any atom is 0.169 e. The van der Waals surface area contributed by atoms with E-state index in [2.05, 4.69) is 0 Å². The zero-order chi connectivity index (χ0) is 29.2. The van der Waals surface area contributed by atoms with Crippen LogP contribution in [-0.4, -0.2) is 14.0 Å². The Hall–Kier alpha value is -2.09. The summed E-state index contributed by atoms with van der Waals surface area (Å²) in [7, 11) is 0. The summed E-state index contributed by atoms with van der Waals surface area (Å²) in [5, 5.41) is 0. The van der Waals surface area contributed by atoms with Gasteiger partial charge in [0.15, 0.2) is 12.3 Å². The quantitative estimate of drug-likeness (QED) is 0.768. The lowest BCUT2D eigenvalue weighted by atomic mass is 10.1. The van der Waals surface area contributed by atoms with Crippen LogP contribution in [-0.2, 0) is 6.98 Å². The average molecular weight is 258 g/mol. The molecule has 1 aromatic carbocycles. The van der Waals surface area contributed by atoms with E-state index in [0.717, 1.165) is 0 Å². The van der Waals surface area contributed by atoms with Crippen LogP contribution in [0.3, 0.4) is 0 Å². The summed E-state index contributed by atoms with van der Waals surface area (Å²) in [4.78, 5) is -0.257. The van der Waals surface area contributed by atoms with Gasteiger partial charge >= 0.3 is 0 Å². The van der Waals surface area contributed by atoms with Crippen molar-refractivity contribution in [3.8, 4) is 0 Å². The summed E-state index contributed by atoms with van der Waals surface area (Å²) in [6.45, 7) is -9.96. The predicted octanol–water partition coefficient (Wildman–Crippen LogP) is 2.75. The summed E-state index contributed by atoms with van der Waals surface area (Å²) in [6.07, 6.45) is -2.18. The number of benzene rings is 1. The monoisotopic (exact) mass is 258 g/mol. The van der Waals surface area contributed by atoms with Crippen molar-refractivity contribution in [2.75, 3.05) is 18.9 Å². The third-order valence-electron chi connectivity index (χ3n) is 1.73. The molecule has 2 heteroatoms. The third kappa shape index (κ3) is 3.20. The van der Waals surface area contributed by atoms with Crippen LogP contribution in [0.15, 0.2) is 48.6 Å². The topological polar surface area (TPSA) is 7.12 Å². The molecule has 2 aromatic rings. The summed E-state index contributed by atoms with van der Waals surface area (Å²) in [5.41, 5.74) is -2.89. The number of anilines is 1. The van der Waals surface area contributed by atoms with Crippen molar-refractivity contribution in [1.82, 2.24) is 0 Å². The molecular weight excluding hydrogens is 220 g/mol. The van der Waals surface area contributed by atoms with Gasteiger partial charge in [-0.2, -0.15) is 0 Å². The lowest BCUT2D eigenvalue weighted by molar-refractivity contribution is -0.671. The van der Waals surface area contributed by atoms with E-state index in [4.69, 9.17) is 26.0 Å². The van der Waals surface area contributed by atoms with Gasteiger partial charge < -0.3 is 4.90 Å². The second-order valence-corrected chi connectivity index (χ2v) is 2.99. The van der Waals surface area contributed by atoms with Crippen molar-refractivity contribution in [3.63, 3.8) is 0 Å². The van der Waals surface area contributed by atoms with Gasteiger partial charge in [0.25, 0.3) is 0 Å². The zero-order valence-electron chi connectivity index (χ0n) is 27.9. The molecule has 0 atom stereocenters. The highest BCUT2D eigenvalue weighted by molar-refractivity contribution is 5.70. The molecule has 0 fully saturated rings. The fourth-order valence-electron chi connectivity index (χ4n) is 0.951. The van der Waals surface area contributed by atoms with Gasteiger partial charge in [-0.15, -0.1) is 0 Å². The van der Waals surface area contributed by atoms with Crippen molar-refractivity contribution in [3.05, 3.63) is 59.7 Å². The Labute approximate surface area is 136 Å². The predicted molar refractivity (Wildman–Crippen MR) is 77.3 cm³/mol. The molecule has 92 valence electrons. The molecular formula is C16H19N2+. The Morgan fingerprint density at radius 2 is 1.67 bits per heavy atom. The Balaban J connectivity index is 2.97. The molecule has 0 amide bonds. The normalized spacial score (nSPS) is 29.2. The molecule has 1 heterocycles. The van der Waals surface area contributed by atoms with Crippen LogP contribution < -0.4 is 9.47 Å². The summed E-state index contributed by atoms with van der Waals surface area (Å²) in [6, 6.07) is -8.84. The number of hydrogen-bond donors (Lipinski definition) is 0. The fraction of sp³-hybridized carbons (Fsp3) is 0.188. The molecule has 18 heavy (non-hydrogen) atoms. The standard InChI is InChI=1S/C16H19N2/c1-17(2)16-8-6-14(7-9-16)4-5-15-10-12-18(3)13-11-15/h4-13H,1-3H3/q+1/i1D3,2D3,3D3,4D,5D,6D,7D,8D,9D,10D,11D,12D,13D. The molecule has 0 unspecified atom stereocenters. The number of rotatable bonds is 3. The smallest absolute Gasteiger partial charge is 0.169 e. The third-order valence-corrected chi connectivity index (χ3v) is 1.73. The van der Waals surface area contributed by atoms with Crippen molar-refractivity contribution >= 4 is 17.8 Å². The Bertz CT molecular complexity index is 1210. The minimum absolute atomic E-state index is 0.0841. The van der Waals surface area contributed by atoms with Crippen LogP contribution in [0.4, 0.5) is 5.69 Å². The Kier molecular flexibility index (Phi) is 0.838. The van der Waals surface area contributed by atoms with Crippen molar-refractivity contribution in [2.45, 2.75) is 0 Å². The molecule has 1 aromatic heterocycles. The van der Waals surface area contributed by atoms with Crippen LogP contribution >= 0.6 is 0 Å². The molecule has 0 saturated carbocycles. The maximum atomic E-state index is 8.31. The fourth-order valence-corrected chi connectivity index (χ4v) is 0.951. The summed E-state index contributed by atoms with van der Waals surface area (Å²) < 4.78 is 149. The van der Waals surface area contributed by atoms with E-state index in [1.54, 1.807) is 0 Å². The van der Waals surface area contributed by atoms with Crippen LogP contribution in [0.25, 0.3) is 12.1 Å². The maximum absolute atomic E-state index is 8.31. The highest BCUT2D eigenvalue weighted by Crippen LogP contribution is 2.14. The second kappa shape index (κ2) is 5.50. The first-order valence-electron chi connectivity index (χ1n) is 14.1. The minimum Gasteiger partial charge on any atom is -0.378 e. The van der Waals surface area contributed by atoms with E-state index in [-0.39, 0.29) is 9.47 Å². The number of aromatic nitrogens is 1. The highest BCUT2D eigenvalue weighted by Gasteiger charge is 1.94. The average Bonchev–Trinajstić information content (AvgIpc) is 2.71. The number of nitrogens with zero attached hydrogens (tertiary/aromatic N) is 2. The number of hydrogen-bond acceptors (Lipinski definition) is 1. The van der Waals surface area contributed by atoms with Crippen LogP contribution in [0, 0.1) is 0 Å². The van der Waals surface area contributed by atoms with E-state index in [0.29, 0.717) is 0 Å². The summed E-state index contributed by atoms with van der Waals surface area (Å²) >= 11 is 0. The molecule has 2 rings (SSSR count). The van der Waals surface area contributed by atoms with Gasteiger partial charge in [-0.1, -0.05) is 24.2 Å². The van der Waals surface area contributed by atoms with E-state index in [1.807, 2.05) is 0 Å². The van der Waals surface area contributed by atoms with E-state index >= 15 is 0 Å². The van der Waals surface area contributed by atoms with Gasteiger partial charge in [-0.05, 0) is 23.2 Å². The van der Waals surface area contributed by atoms with E-state index in [1.165, 1.54) is 0 Å². The first-order chi connectivity index (χ1) is 16.5. The van der Waals surface area contributed by atoms with Crippen LogP contribution in [0.1, 0.15) is 37.2 Å². The highest BCUT2D eigenvalue weighted by atomic mass is 15.1. The number of pyridine rings is 1. The molecule has 0 spiro atoms. The molecule has 0 N–H and O–H groups in total. The lowest BCUT2D eigenvalue weighted by Gasteiger charge is -2.11. The molecule has 0 bridgehead atoms. The van der Waals surface area contributed by atoms with Crippen molar-refractivity contribution in [1.29, 1.82) is 0 Å². The second-order valence-electron chi connectivity index (χ2n) is 2.99.